The zero-order valence-corrected chi connectivity index (χ0v) is 8.61. The minimum atomic E-state index is -0.880. The lowest BCUT2D eigenvalue weighted by Gasteiger charge is -2.15. The lowest BCUT2D eigenvalue weighted by molar-refractivity contribution is -0.146. The van der Waals surface area contributed by atoms with Crippen molar-refractivity contribution in [3.8, 4) is 0 Å². The number of carboxylic acids is 1. The molecule has 1 aliphatic rings. The molecule has 86 valence electrons. The Balaban J connectivity index is 2.40. The highest BCUT2D eigenvalue weighted by atomic mass is 16.4. The van der Waals surface area contributed by atoms with Gasteiger partial charge in [0.05, 0.1) is 11.8 Å². The number of carbonyl (C=O) groups is 2. The van der Waals surface area contributed by atoms with Crippen LogP contribution in [0.3, 0.4) is 0 Å². The molecule has 0 aromatic heterocycles. The van der Waals surface area contributed by atoms with Crippen LogP contribution in [0.15, 0.2) is 0 Å². The van der Waals surface area contributed by atoms with Crippen LogP contribution in [0.1, 0.15) is 25.7 Å². The van der Waals surface area contributed by atoms with Crippen molar-refractivity contribution < 1.29 is 19.8 Å². The molecule has 0 bridgehead atoms. The third-order valence-electron chi connectivity index (χ3n) is 2.80. The molecule has 0 spiro atoms. The van der Waals surface area contributed by atoms with E-state index in [-0.39, 0.29) is 18.4 Å². The van der Waals surface area contributed by atoms with Crippen LogP contribution in [0.4, 0.5) is 0 Å². The highest BCUT2D eigenvalue weighted by molar-refractivity contribution is 5.85. The summed E-state index contributed by atoms with van der Waals surface area (Å²) in [5.74, 6) is -1.98. The molecule has 15 heavy (non-hydrogen) atoms. The van der Waals surface area contributed by atoms with Crippen molar-refractivity contribution in [1.82, 2.24) is 5.32 Å². The molecule has 0 heterocycles. The van der Waals surface area contributed by atoms with Crippen molar-refractivity contribution in [3.05, 3.63) is 0 Å². The van der Waals surface area contributed by atoms with Crippen molar-refractivity contribution in [2.45, 2.75) is 25.7 Å². The van der Waals surface area contributed by atoms with E-state index in [2.05, 4.69) is 5.32 Å². The van der Waals surface area contributed by atoms with Gasteiger partial charge in [-0.2, -0.15) is 0 Å². The first-order chi connectivity index (χ1) is 7.16. The molecule has 5 heteroatoms. The minimum absolute atomic E-state index is 0.0350. The Kier molecular flexibility index (Phi) is 4.55. The van der Waals surface area contributed by atoms with Crippen LogP contribution in [0.5, 0.6) is 0 Å². The molecule has 1 fully saturated rings. The third kappa shape index (κ3) is 3.20. The normalized spacial score (nSPS) is 25.1. The van der Waals surface area contributed by atoms with E-state index in [4.69, 9.17) is 10.2 Å². The third-order valence-corrected chi connectivity index (χ3v) is 2.80. The summed E-state index contributed by atoms with van der Waals surface area (Å²) in [7, 11) is 0. The Morgan fingerprint density at radius 3 is 2.53 bits per heavy atom. The number of hydrogen-bond donors (Lipinski definition) is 3. The number of amides is 1. The van der Waals surface area contributed by atoms with Crippen molar-refractivity contribution in [3.63, 3.8) is 0 Å². The maximum absolute atomic E-state index is 11.6. The monoisotopic (exact) mass is 215 g/mol. The SMILES string of the molecule is O=C(O)[C@H]1CCC[C@H]1C(=O)NCCCO. The largest absolute Gasteiger partial charge is 0.481 e. The van der Waals surface area contributed by atoms with Crippen molar-refractivity contribution in [2.24, 2.45) is 11.8 Å². The van der Waals surface area contributed by atoms with Gasteiger partial charge in [-0.3, -0.25) is 9.59 Å². The van der Waals surface area contributed by atoms with E-state index in [1.165, 1.54) is 0 Å². The van der Waals surface area contributed by atoms with E-state index in [9.17, 15) is 9.59 Å². The van der Waals surface area contributed by atoms with Gasteiger partial charge in [0.25, 0.3) is 0 Å². The Morgan fingerprint density at radius 2 is 1.93 bits per heavy atom. The van der Waals surface area contributed by atoms with Gasteiger partial charge < -0.3 is 15.5 Å². The average Bonchev–Trinajstić information content (AvgIpc) is 2.66. The average molecular weight is 215 g/mol. The molecule has 0 radical (unpaired) electrons. The Morgan fingerprint density at radius 1 is 1.27 bits per heavy atom. The standard InChI is InChI=1S/C10H17NO4/c12-6-2-5-11-9(13)7-3-1-4-8(7)10(14)15/h7-8,12H,1-6H2,(H,11,13)(H,14,15)/t7-,8+/m1/s1. The molecule has 0 unspecified atom stereocenters. The number of aliphatic hydroxyl groups excluding tert-OH is 1. The summed E-state index contributed by atoms with van der Waals surface area (Å²) < 4.78 is 0. The summed E-state index contributed by atoms with van der Waals surface area (Å²) in [6.07, 6.45) is 2.56. The molecule has 5 nitrogen and oxygen atoms in total. The molecule has 0 aromatic carbocycles. The smallest absolute Gasteiger partial charge is 0.307 e. The van der Waals surface area contributed by atoms with Crippen LogP contribution in [-0.4, -0.2) is 35.2 Å². The van der Waals surface area contributed by atoms with E-state index in [1.54, 1.807) is 0 Å². The Hall–Kier alpha value is -1.10. The summed E-state index contributed by atoms with van der Waals surface area (Å²) in [4.78, 5) is 22.4. The number of hydrogen-bond acceptors (Lipinski definition) is 3. The zero-order chi connectivity index (χ0) is 11.3. The number of aliphatic carboxylic acids is 1. The molecule has 0 aliphatic heterocycles. The molecule has 0 saturated heterocycles. The van der Waals surface area contributed by atoms with Gasteiger partial charge in [0.1, 0.15) is 0 Å². The second-order valence-corrected chi connectivity index (χ2v) is 3.85. The first-order valence-corrected chi connectivity index (χ1v) is 5.28. The molecule has 3 N–H and O–H groups in total. The van der Waals surface area contributed by atoms with Gasteiger partial charge in [-0.15, -0.1) is 0 Å². The van der Waals surface area contributed by atoms with E-state index in [0.717, 1.165) is 6.42 Å². The van der Waals surface area contributed by atoms with E-state index in [0.29, 0.717) is 25.8 Å². The number of aliphatic hydroxyl groups is 1. The second-order valence-electron chi connectivity index (χ2n) is 3.85. The van der Waals surface area contributed by atoms with E-state index in [1.807, 2.05) is 0 Å². The summed E-state index contributed by atoms with van der Waals surface area (Å²) >= 11 is 0. The Labute approximate surface area is 88.5 Å². The van der Waals surface area contributed by atoms with E-state index >= 15 is 0 Å². The van der Waals surface area contributed by atoms with Gasteiger partial charge in [-0.1, -0.05) is 6.42 Å². The van der Waals surface area contributed by atoms with Crippen LogP contribution in [0.25, 0.3) is 0 Å². The highest BCUT2D eigenvalue weighted by Gasteiger charge is 2.37. The van der Waals surface area contributed by atoms with Crippen molar-refractivity contribution in [2.75, 3.05) is 13.2 Å². The fourth-order valence-corrected chi connectivity index (χ4v) is 1.99. The minimum Gasteiger partial charge on any atom is -0.481 e. The maximum atomic E-state index is 11.6. The molecule has 1 saturated carbocycles. The molecule has 2 atom stereocenters. The molecule has 1 aliphatic carbocycles. The van der Waals surface area contributed by atoms with E-state index < -0.39 is 11.9 Å². The lowest BCUT2D eigenvalue weighted by atomic mass is 9.95. The quantitative estimate of drug-likeness (QED) is 0.563. The van der Waals surface area contributed by atoms with Gasteiger partial charge in [-0.05, 0) is 19.3 Å². The topological polar surface area (TPSA) is 86.6 Å². The van der Waals surface area contributed by atoms with Gasteiger partial charge in [0.15, 0.2) is 0 Å². The zero-order valence-electron chi connectivity index (χ0n) is 8.61. The first-order valence-electron chi connectivity index (χ1n) is 5.28. The van der Waals surface area contributed by atoms with Crippen LogP contribution >= 0.6 is 0 Å². The predicted octanol–water partition coefficient (Wildman–Crippen LogP) is -0.0141. The predicted molar refractivity (Wildman–Crippen MR) is 53.2 cm³/mol. The number of carbonyl (C=O) groups excluding carboxylic acids is 1. The first kappa shape index (κ1) is 12.0. The maximum Gasteiger partial charge on any atom is 0.307 e. The molecular formula is C10H17NO4. The summed E-state index contributed by atoms with van der Waals surface area (Å²) in [6.45, 7) is 0.450. The van der Waals surface area contributed by atoms with Crippen LogP contribution in [0, 0.1) is 11.8 Å². The fraction of sp³-hybridized carbons (Fsp3) is 0.800. The number of carboxylic acid groups (broad SMARTS) is 1. The van der Waals surface area contributed by atoms with Gasteiger partial charge in [0, 0.05) is 13.2 Å². The van der Waals surface area contributed by atoms with Gasteiger partial charge in [-0.25, -0.2) is 0 Å². The fourth-order valence-electron chi connectivity index (χ4n) is 1.99. The lowest BCUT2D eigenvalue weighted by Crippen LogP contribution is -2.35. The summed E-state index contributed by atoms with van der Waals surface area (Å²) in [5, 5.41) is 20.1. The summed E-state index contributed by atoms with van der Waals surface area (Å²) in [6, 6.07) is 0. The van der Waals surface area contributed by atoms with Gasteiger partial charge in [0.2, 0.25) is 5.91 Å². The van der Waals surface area contributed by atoms with Crippen molar-refractivity contribution >= 4 is 11.9 Å². The molecule has 0 aromatic rings. The molecular weight excluding hydrogens is 198 g/mol. The van der Waals surface area contributed by atoms with Crippen LogP contribution < -0.4 is 5.32 Å². The second kappa shape index (κ2) is 5.70. The Bertz CT molecular complexity index is 242. The van der Waals surface area contributed by atoms with Gasteiger partial charge >= 0.3 is 5.97 Å². The summed E-state index contributed by atoms with van der Waals surface area (Å²) in [5.41, 5.74) is 0. The molecule has 1 rings (SSSR count). The molecule has 1 amide bonds. The van der Waals surface area contributed by atoms with Crippen LogP contribution in [-0.2, 0) is 9.59 Å². The van der Waals surface area contributed by atoms with Crippen LogP contribution in [0.2, 0.25) is 0 Å². The van der Waals surface area contributed by atoms with Crippen molar-refractivity contribution in [1.29, 1.82) is 0 Å². The number of nitrogens with one attached hydrogen (secondary N) is 1. The number of rotatable bonds is 5. The highest BCUT2D eigenvalue weighted by Crippen LogP contribution is 2.31.